The molecule has 0 bridgehead atoms. The summed E-state index contributed by atoms with van der Waals surface area (Å²) in [6, 6.07) is 4.51. The first-order valence-corrected chi connectivity index (χ1v) is 4.68. The molecule has 0 amide bonds. The SMILES string of the molecule is OC1CC(c2ccc(F)c(Cl)c2)NN1. The number of nitrogens with one attached hydrogen (secondary N) is 2. The Kier molecular flexibility index (Phi) is 2.69. The normalized spacial score (nSPS) is 26.8. The van der Waals surface area contributed by atoms with Gasteiger partial charge in [-0.05, 0) is 17.7 Å². The molecule has 1 saturated heterocycles. The van der Waals surface area contributed by atoms with Crippen molar-refractivity contribution in [3.8, 4) is 0 Å². The van der Waals surface area contributed by atoms with Gasteiger partial charge in [0, 0.05) is 6.42 Å². The van der Waals surface area contributed by atoms with Gasteiger partial charge in [0.2, 0.25) is 0 Å². The second-order valence-electron chi connectivity index (χ2n) is 3.27. The zero-order valence-electron chi connectivity index (χ0n) is 7.30. The third-order valence-corrected chi connectivity index (χ3v) is 2.52. The van der Waals surface area contributed by atoms with Crippen molar-refractivity contribution < 1.29 is 9.50 Å². The monoisotopic (exact) mass is 216 g/mol. The maximum atomic E-state index is 12.8. The molecule has 2 rings (SSSR count). The zero-order chi connectivity index (χ0) is 10.1. The van der Waals surface area contributed by atoms with Gasteiger partial charge in [-0.25, -0.2) is 15.2 Å². The quantitative estimate of drug-likeness (QED) is 0.664. The summed E-state index contributed by atoms with van der Waals surface area (Å²) < 4.78 is 12.8. The first kappa shape index (κ1) is 9.86. The second kappa shape index (κ2) is 3.82. The Morgan fingerprint density at radius 1 is 1.43 bits per heavy atom. The number of hydrogen-bond donors (Lipinski definition) is 3. The van der Waals surface area contributed by atoms with E-state index in [0.717, 1.165) is 5.56 Å². The Morgan fingerprint density at radius 3 is 2.79 bits per heavy atom. The van der Waals surface area contributed by atoms with Crippen LogP contribution in [0.25, 0.3) is 0 Å². The van der Waals surface area contributed by atoms with Crippen molar-refractivity contribution in [1.82, 2.24) is 10.9 Å². The number of rotatable bonds is 1. The van der Waals surface area contributed by atoms with Gasteiger partial charge >= 0.3 is 0 Å². The lowest BCUT2D eigenvalue weighted by Gasteiger charge is -2.09. The summed E-state index contributed by atoms with van der Waals surface area (Å²) in [5, 5.41) is 9.31. The van der Waals surface area contributed by atoms with Gasteiger partial charge in [-0.1, -0.05) is 17.7 Å². The molecule has 0 aromatic heterocycles. The summed E-state index contributed by atoms with van der Waals surface area (Å²) >= 11 is 5.64. The van der Waals surface area contributed by atoms with Gasteiger partial charge in [0.15, 0.2) is 0 Å². The number of halogens is 2. The van der Waals surface area contributed by atoms with E-state index in [4.69, 9.17) is 11.6 Å². The van der Waals surface area contributed by atoms with Crippen molar-refractivity contribution in [1.29, 1.82) is 0 Å². The van der Waals surface area contributed by atoms with Gasteiger partial charge in [-0.2, -0.15) is 0 Å². The van der Waals surface area contributed by atoms with Crippen molar-refractivity contribution in [2.45, 2.75) is 18.7 Å². The van der Waals surface area contributed by atoms with Gasteiger partial charge in [-0.15, -0.1) is 0 Å². The van der Waals surface area contributed by atoms with Crippen LogP contribution in [0.3, 0.4) is 0 Å². The maximum Gasteiger partial charge on any atom is 0.141 e. The molecule has 1 aromatic rings. The van der Waals surface area contributed by atoms with Crippen LogP contribution in [0.4, 0.5) is 4.39 Å². The summed E-state index contributed by atoms with van der Waals surface area (Å²) in [7, 11) is 0. The summed E-state index contributed by atoms with van der Waals surface area (Å²) in [5.74, 6) is -0.429. The van der Waals surface area contributed by atoms with Crippen LogP contribution in [0.1, 0.15) is 18.0 Å². The third kappa shape index (κ3) is 1.88. The highest BCUT2D eigenvalue weighted by molar-refractivity contribution is 6.30. The van der Waals surface area contributed by atoms with Crippen molar-refractivity contribution in [2.75, 3.05) is 0 Å². The van der Waals surface area contributed by atoms with Crippen LogP contribution < -0.4 is 10.9 Å². The van der Waals surface area contributed by atoms with E-state index in [1.165, 1.54) is 6.07 Å². The van der Waals surface area contributed by atoms with E-state index < -0.39 is 12.0 Å². The van der Waals surface area contributed by atoms with Gasteiger partial charge in [0.1, 0.15) is 12.0 Å². The van der Waals surface area contributed by atoms with Crippen LogP contribution in [0.2, 0.25) is 5.02 Å². The van der Waals surface area contributed by atoms with Gasteiger partial charge < -0.3 is 5.11 Å². The largest absolute Gasteiger partial charge is 0.377 e. The molecule has 0 radical (unpaired) electrons. The lowest BCUT2D eigenvalue weighted by Crippen LogP contribution is -2.30. The van der Waals surface area contributed by atoms with Crippen LogP contribution in [-0.2, 0) is 0 Å². The molecule has 2 unspecified atom stereocenters. The first-order chi connectivity index (χ1) is 6.66. The van der Waals surface area contributed by atoms with Crippen LogP contribution in [-0.4, -0.2) is 11.3 Å². The minimum absolute atomic E-state index is 0.0249. The molecule has 3 N–H and O–H groups in total. The number of benzene rings is 1. The Labute approximate surface area is 85.9 Å². The van der Waals surface area contributed by atoms with E-state index in [2.05, 4.69) is 10.9 Å². The summed E-state index contributed by atoms with van der Waals surface area (Å²) in [6.07, 6.45) is -0.0223. The van der Waals surface area contributed by atoms with Gasteiger partial charge in [0.05, 0.1) is 11.1 Å². The Bertz CT molecular complexity index is 348. The van der Waals surface area contributed by atoms with Gasteiger partial charge in [-0.3, -0.25) is 0 Å². The summed E-state index contributed by atoms with van der Waals surface area (Å²) in [5.41, 5.74) is 6.42. The van der Waals surface area contributed by atoms with E-state index in [1.54, 1.807) is 12.1 Å². The summed E-state index contributed by atoms with van der Waals surface area (Å²) in [4.78, 5) is 0. The molecule has 0 spiro atoms. The lowest BCUT2D eigenvalue weighted by molar-refractivity contribution is 0.153. The predicted molar refractivity (Wildman–Crippen MR) is 51.0 cm³/mol. The molecular formula is C9H10ClFN2O. The Balaban J connectivity index is 2.20. The highest BCUT2D eigenvalue weighted by Crippen LogP contribution is 2.25. The molecule has 5 heteroatoms. The highest BCUT2D eigenvalue weighted by atomic mass is 35.5. The fraction of sp³-hybridized carbons (Fsp3) is 0.333. The highest BCUT2D eigenvalue weighted by Gasteiger charge is 2.23. The molecule has 0 saturated carbocycles. The molecule has 1 fully saturated rings. The van der Waals surface area contributed by atoms with E-state index in [-0.39, 0.29) is 11.1 Å². The van der Waals surface area contributed by atoms with E-state index in [9.17, 15) is 9.50 Å². The average molecular weight is 217 g/mol. The lowest BCUT2D eigenvalue weighted by atomic mass is 10.1. The topological polar surface area (TPSA) is 44.3 Å². The van der Waals surface area contributed by atoms with Crippen LogP contribution in [0, 0.1) is 5.82 Å². The standard InChI is InChI=1S/C9H10ClFN2O/c10-6-3-5(1-2-7(6)11)8-4-9(14)13-12-8/h1-3,8-9,12-14H,4H2. The zero-order valence-corrected chi connectivity index (χ0v) is 8.05. The van der Waals surface area contributed by atoms with E-state index in [0.29, 0.717) is 6.42 Å². The van der Waals surface area contributed by atoms with Crippen LogP contribution in [0.5, 0.6) is 0 Å². The molecular weight excluding hydrogens is 207 g/mol. The number of aliphatic hydroxyl groups is 1. The Hall–Kier alpha value is -0.680. The predicted octanol–water partition coefficient (Wildman–Crippen LogP) is 1.34. The molecule has 14 heavy (non-hydrogen) atoms. The second-order valence-corrected chi connectivity index (χ2v) is 3.67. The van der Waals surface area contributed by atoms with Gasteiger partial charge in [0.25, 0.3) is 0 Å². The van der Waals surface area contributed by atoms with E-state index >= 15 is 0 Å². The first-order valence-electron chi connectivity index (χ1n) is 4.31. The molecule has 1 heterocycles. The molecule has 1 aromatic carbocycles. The number of hydrogen-bond acceptors (Lipinski definition) is 3. The van der Waals surface area contributed by atoms with Crippen molar-refractivity contribution in [3.63, 3.8) is 0 Å². The van der Waals surface area contributed by atoms with Crippen molar-refractivity contribution in [2.24, 2.45) is 0 Å². The smallest absolute Gasteiger partial charge is 0.141 e. The fourth-order valence-electron chi connectivity index (χ4n) is 1.49. The maximum absolute atomic E-state index is 12.8. The minimum atomic E-state index is -0.566. The van der Waals surface area contributed by atoms with Crippen LogP contribution >= 0.6 is 11.6 Å². The average Bonchev–Trinajstić information content (AvgIpc) is 2.57. The Morgan fingerprint density at radius 2 is 2.21 bits per heavy atom. The fourth-order valence-corrected chi connectivity index (χ4v) is 1.68. The van der Waals surface area contributed by atoms with Crippen molar-refractivity contribution >= 4 is 11.6 Å². The van der Waals surface area contributed by atoms with E-state index in [1.807, 2.05) is 0 Å². The summed E-state index contributed by atoms with van der Waals surface area (Å²) in [6.45, 7) is 0. The molecule has 2 atom stereocenters. The molecule has 0 aliphatic carbocycles. The third-order valence-electron chi connectivity index (χ3n) is 2.23. The molecule has 76 valence electrons. The molecule has 1 aliphatic rings. The minimum Gasteiger partial charge on any atom is -0.377 e. The van der Waals surface area contributed by atoms with Crippen LogP contribution in [0.15, 0.2) is 18.2 Å². The molecule has 1 aliphatic heterocycles. The number of aliphatic hydroxyl groups excluding tert-OH is 1. The number of hydrazine groups is 1. The molecule has 3 nitrogen and oxygen atoms in total. The van der Waals surface area contributed by atoms with Crippen molar-refractivity contribution in [3.05, 3.63) is 34.6 Å².